The van der Waals surface area contributed by atoms with Gasteiger partial charge < -0.3 is 5.32 Å². The van der Waals surface area contributed by atoms with Crippen molar-refractivity contribution in [3.05, 3.63) is 58.9 Å². The molecule has 0 spiro atoms. The van der Waals surface area contributed by atoms with Crippen molar-refractivity contribution in [1.29, 1.82) is 0 Å². The van der Waals surface area contributed by atoms with E-state index in [1.165, 1.54) is 0 Å². The summed E-state index contributed by atoms with van der Waals surface area (Å²) >= 11 is 5.82. The predicted octanol–water partition coefficient (Wildman–Crippen LogP) is 3.55. The number of nitrogens with zero attached hydrogens (tertiary/aromatic N) is 2. The van der Waals surface area contributed by atoms with Gasteiger partial charge in [-0.1, -0.05) is 30.7 Å². The molecule has 1 unspecified atom stereocenters. The lowest BCUT2D eigenvalue weighted by molar-refractivity contribution is 0.492. The molecule has 5 heteroatoms. The van der Waals surface area contributed by atoms with Crippen molar-refractivity contribution in [3.63, 3.8) is 0 Å². The number of aromatic nitrogens is 2. The molecule has 0 saturated carbocycles. The van der Waals surface area contributed by atoms with Gasteiger partial charge in [-0.25, -0.2) is 14.4 Å². The highest BCUT2D eigenvalue weighted by atomic mass is 35.5. The Morgan fingerprint density at radius 1 is 1.25 bits per heavy atom. The zero-order valence-electron chi connectivity index (χ0n) is 11.3. The second-order valence-electron chi connectivity index (χ2n) is 4.53. The van der Waals surface area contributed by atoms with E-state index in [1.54, 1.807) is 36.7 Å². The van der Waals surface area contributed by atoms with Crippen LogP contribution in [-0.2, 0) is 6.42 Å². The maximum atomic E-state index is 14.0. The minimum atomic E-state index is -0.367. The molecule has 1 aromatic heterocycles. The van der Waals surface area contributed by atoms with Gasteiger partial charge in [-0.15, -0.1) is 0 Å². The van der Waals surface area contributed by atoms with E-state index in [2.05, 4.69) is 22.2 Å². The monoisotopic (exact) mass is 293 g/mol. The Hall–Kier alpha value is -1.52. The topological polar surface area (TPSA) is 37.8 Å². The third kappa shape index (κ3) is 3.74. The molecule has 0 fully saturated rings. The summed E-state index contributed by atoms with van der Waals surface area (Å²) in [7, 11) is 0. The fourth-order valence-electron chi connectivity index (χ4n) is 1.99. The van der Waals surface area contributed by atoms with E-state index < -0.39 is 0 Å². The molecule has 1 aromatic carbocycles. The third-order valence-electron chi connectivity index (χ3n) is 2.99. The highest BCUT2D eigenvalue weighted by Crippen LogP contribution is 2.22. The van der Waals surface area contributed by atoms with Gasteiger partial charge in [-0.05, 0) is 37.1 Å². The summed E-state index contributed by atoms with van der Waals surface area (Å²) in [4.78, 5) is 8.50. The van der Waals surface area contributed by atoms with Crippen LogP contribution >= 0.6 is 11.6 Å². The first-order valence-electron chi connectivity index (χ1n) is 6.65. The van der Waals surface area contributed by atoms with Crippen LogP contribution in [-0.4, -0.2) is 16.5 Å². The summed E-state index contributed by atoms with van der Waals surface area (Å²) in [6.07, 6.45) is 4.84. The lowest BCUT2D eigenvalue weighted by atomic mass is 10.0. The Bertz CT molecular complexity index is 548. The molecule has 0 saturated heterocycles. The van der Waals surface area contributed by atoms with Gasteiger partial charge in [-0.3, -0.25) is 0 Å². The molecule has 2 aromatic rings. The molecule has 0 amide bonds. The van der Waals surface area contributed by atoms with E-state index in [9.17, 15) is 4.39 Å². The summed E-state index contributed by atoms with van der Waals surface area (Å²) in [6.45, 7) is 2.90. The fraction of sp³-hybridized carbons (Fsp3) is 0.333. The average Bonchev–Trinajstić information content (AvgIpc) is 2.48. The van der Waals surface area contributed by atoms with Gasteiger partial charge >= 0.3 is 0 Å². The molecule has 2 rings (SSSR count). The van der Waals surface area contributed by atoms with Gasteiger partial charge in [0.25, 0.3) is 0 Å². The van der Waals surface area contributed by atoms with E-state index in [0.29, 0.717) is 17.8 Å². The molecular formula is C15H17ClFN3. The summed E-state index contributed by atoms with van der Waals surface area (Å²) in [5, 5.41) is 3.49. The number of benzene rings is 1. The van der Waals surface area contributed by atoms with Crippen molar-refractivity contribution in [2.24, 2.45) is 0 Å². The normalized spacial score (nSPS) is 12.3. The number of halogens is 2. The van der Waals surface area contributed by atoms with E-state index >= 15 is 0 Å². The summed E-state index contributed by atoms with van der Waals surface area (Å²) in [6, 6.07) is 6.69. The van der Waals surface area contributed by atoms with Crippen LogP contribution in [0.4, 0.5) is 4.39 Å². The number of rotatable bonds is 6. The second-order valence-corrected chi connectivity index (χ2v) is 4.94. The van der Waals surface area contributed by atoms with Gasteiger partial charge in [0.05, 0.1) is 11.1 Å². The van der Waals surface area contributed by atoms with Crippen LogP contribution in [0.2, 0.25) is 5.02 Å². The predicted molar refractivity (Wildman–Crippen MR) is 78.2 cm³/mol. The van der Waals surface area contributed by atoms with Crippen molar-refractivity contribution in [2.45, 2.75) is 25.8 Å². The van der Waals surface area contributed by atoms with Gasteiger partial charge in [0.1, 0.15) is 11.6 Å². The fourth-order valence-corrected chi connectivity index (χ4v) is 2.18. The first-order chi connectivity index (χ1) is 9.72. The van der Waals surface area contributed by atoms with Gasteiger partial charge in [0, 0.05) is 12.4 Å². The average molecular weight is 294 g/mol. The van der Waals surface area contributed by atoms with Crippen molar-refractivity contribution in [2.75, 3.05) is 6.54 Å². The number of nitrogens with one attached hydrogen (secondary N) is 1. The molecule has 3 nitrogen and oxygen atoms in total. The lowest BCUT2D eigenvalue weighted by Gasteiger charge is -2.17. The summed E-state index contributed by atoms with van der Waals surface area (Å²) in [5.74, 6) is 0.300. The van der Waals surface area contributed by atoms with Gasteiger partial charge in [-0.2, -0.15) is 0 Å². The van der Waals surface area contributed by atoms with Crippen LogP contribution in [0.25, 0.3) is 0 Å². The molecule has 20 heavy (non-hydrogen) atoms. The largest absolute Gasteiger partial charge is 0.307 e. The number of hydrogen-bond donors (Lipinski definition) is 1. The minimum absolute atomic E-state index is 0.121. The minimum Gasteiger partial charge on any atom is -0.307 e. The van der Waals surface area contributed by atoms with Crippen LogP contribution in [0, 0.1) is 5.82 Å². The van der Waals surface area contributed by atoms with Crippen LogP contribution in [0.15, 0.2) is 36.7 Å². The maximum Gasteiger partial charge on any atom is 0.145 e. The summed E-state index contributed by atoms with van der Waals surface area (Å²) < 4.78 is 14.0. The van der Waals surface area contributed by atoms with Crippen molar-refractivity contribution in [1.82, 2.24) is 15.3 Å². The van der Waals surface area contributed by atoms with E-state index in [4.69, 9.17) is 11.6 Å². The SMILES string of the molecule is CCCNC(Cc1cccc(Cl)c1F)c1ncccn1. The third-order valence-corrected chi connectivity index (χ3v) is 3.29. The van der Waals surface area contributed by atoms with Crippen molar-refractivity contribution < 1.29 is 4.39 Å². The zero-order chi connectivity index (χ0) is 14.4. The molecule has 1 N–H and O–H groups in total. The molecule has 0 aliphatic carbocycles. The first-order valence-corrected chi connectivity index (χ1v) is 7.03. The van der Waals surface area contributed by atoms with Gasteiger partial charge in [0.15, 0.2) is 0 Å². The van der Waals surface area contributed by atoms with Crippen LogP contribution < -0.4 is 5.32 Å². The standard InChI is InChI=1S/C15H17ClFN3/c1-2-7-18-13(15-19-8-4-9-20-15)10-11-5-3-6-12(16)14(11)17/h3-6,8-9,13,18H,2,7,10H2,1H3. The highest BCUT2D eigenvalue weighted by molar-refractivity contribution is 6.30. The maximum absolute atomic E-state index is 14.0. The number of hydrogen-bond acceptors (Lipinski definition) is 3. The smallest absolute Gasteiger partial charge is 0.145 e. The molecule has 0 aliphatic rings. The van der Waals surface area contributed by atoms with E-state index in [1.807, 2.05) is 0 Å². The molecule has 0 bridgehead atoms. The molecular weight excluding hydrogens is 277 g/mol. The van der Waals surface area contributed by atoms with Crippen LogP contribution in [0.3, 0.4) is 0 Å². The highest BCUT2D eigenvalue weighted by Gasteiger charge is 2.17. The van der Waals surface area contributed by atoms with Crippen LogP contribution in [0.5, 0.6) is 0 Å². The molecule has 1 atom stereocenters. The Kier molecular flexibility index (Phi) is 5.44. The first kappa shape index (κ1) is 14.9. The zero-order valence-corrected chi connectivity index (χ0v) is 12.1. The Balaban J connectivity index is 2.21. The molecule has 0 aliphatic heterocycles. The second kappa shape index (κ2) is 7.31. The van der Waals surface area contributed by atoms with E-state index in [-0.39, 0.29) is 16.9 Å². The Labute approximate surface area is 123 Å². The Morgan fingerprint density at radius 2 is 2.00 bits per heavy atom. The molecule has 0 radical (unpaired) electrons. The van der Waals surface area contributed by atoms with Gasteiger partial charge in [0.2, 0.25) is 0 Å². The Morgan fingerprint density at radius 3 is 2.70 bits per heavy atom. The summed E-state index contributed by atoms with van der Waals surface area (Å²) in [5.41, 5.74) is 0.568. The van der Waals surface area contributed by atoms with E-state index in [0.717, 1.165) is 13.0 Å². The molecule has 1 heterocycles. The molecule has 106 valence electrons. The van der Waals surface area contributed by atoms with Crippen LogP contribution in [0.1, 0.15) is 30.8 Å². The van der Waals surface area contributed by atoms with Crippen molar-refractivity contribution >= 4 is 11.6 Å². The quantitative estimate of drug-likeness (QED) is 0.885. The van der Waals surface area contributed by atoms with Crippen molar-refractivity contribution in [3.8, 4) is 0 Å². The lowest BCUT2D eigenvalue weighted by Crippen LogP contribution is -2.26.